The lowest BCUT2D eigenvalue weighted by Gasteiger charge is -2.42. The topological polar surface area (TPSA) is 18.5 Å². The van der Waals surface area contributed by atoms with Crippen molar-refractivity contribution in [3.05, 3.63) is 0 Å². The third-order valence-electron chi connectivity index (χ3n) is 6.46. The molecule has 25 heavy (non-hydrogen) atoms. The first-order valence-electron chi connectivity index (χ1n) is 10.3. The summed E-state index contributed by atoms with van der Waals surface area (Å²) in [6, 6.07) is 0. The summed E-state index contributed by atoms with van der Waals surface area (Å²) in [7, 11) is 0. The number of hydrogen-bond donors (Lipinski definition) is 1. The molecule has 2 rings (SSSR count). The molecule has 5 heteroatoms. The Morgan fingerprint density at radius 2 is 1.16 bits per heavy atom. The molecule has 2 aliphatic carbocycles. The molecule has 0 radical (unpaired) electrons. The Bertz CT molecular complexity index is 431. The summed E-state index contributed by atoms with van der Waals surface area (Å²) < 4.78 is 12.9. The Balaban J connectivity index is 2.04. The van der Waals surface area contributed by atoms with E-state index in [9.17, 15) is 0 Å². The summed E-state index contributed by atoms with van der Waals surface area (Å²) in [5.74, 6) is 3.83. The van der Waals surface area contributed by atoms with E-state index in [1.54, 1.807) is 0 Å². The summed E-state index contributed by atoms with van der Waals surface area (Å²) >= 11 is 10.6. The highest BCUT2D eigenvalue weighted by Crippen LogP contribution is 2.59. The van der Waals surface area contributed by atoms with Crippen molar-refractivity contribution in [3.8, 4) is 0 Å². The Labute approximate surface area is 166 Å². The zero-order valence-electron chi connectivity index (χ0n) is 17.0. The van der Waals surface area contributed by atoms with Crippen LogP contribution in [0.4, 0.5) is 0 Å². The van der Waals surface area contributed by atoms with Gasteiger partial charge in [0.15, 0.2) is 0 Å². The fourth-order valence-corrected chi connectivity index (χ4v) is 7.45. The second kappa shape index (κ2) is 9.41. The highest BCUT2D eigenvalue weighted by molar-refractivity contribution is 8.60. The van der Waals surface area contributed by atoms with E-state index in [0.29, 0.717) is 35.5 Å². The predicted molar refractivity (Wildman–Crippen MR) is 116 cm³/mol. The van der Waals surface area contributed by atoms with Crippen molar-refractivity contribution in [1.29, 1.82) is 0 Å². The van der Waals surface area contributed by atoms with Crippen LogP contribution >= 0.6 is 17.9 Å². The zero-order chi connectivity index (χ0) is 18.8. The predicted octanol–water partition coefficient (Wildman–Crippen LogP) is 7.10. The normalized spacial score (nSPS) is 37.6. The van der Waals surface area contributed by atoms with Crippen LogP contribution in [-0.2, 0) is 20.9 Å². The van der Waals surface area contributed by atoms with Crippen LogP contribution in [0.25, 0.3) is 0 Å². The molecular weight excluding hydrogens is 367 g/mol. The van der Waals surface area contributed by atoms with Gasteiger partial charge in [0.05, 0.1) is 12.2 Å². The Hall–Kier alpha value is 0.920. The van der Waals surface area contributed by atoms with Gasteiger partial charge in [-0.1, -0.05) is 66.6 Å². The third kappa shape index (κ3) is 6.49. The molecule has 0 N–H and O–H groups in total. The minimum absolute atomic E-state index is 0.214. The lowest BCUT2D eigenvalue weighted by atomic mass is 9.75. The van der Waals surface area contributed by atoms with Gasteiger partial charge in [-0.25, -0.2) is 0 Å². The van der Waals surface area contributed by atoms with Gasteiger partial charge in [0.2, 0.25) is 5.69 Å². The molecule has 2 nitrogen and oxygen atoms in total. The molecule has 0 spiro atoms. The SMILES string of the molecule is CC(C)[C@@H]1CC[C@@H](C)C[C@H]1OP(=S)(S)O[C@@H]1C[C@H](C)CC[C@H]1C(C)C. The fraction of sp³-hybridized carbons (Fsp3) is 1.00. The van der Waals surface area contributed by atoms with Gasteiger partial charge in [-0.3, -0.25) is 0 Å². The first kappa shape index (κ1) is 22.2. The maximum atomic E-state index is 6.46. The molecule has 0 heterocycles. The fourth-order valence-electron chi connectivity index (χ4n) is 4.84. The van der Waals surface area contributed by atoms with Crippen LogP contribution in [0.15, 0.2) is 0 Å². The van der Waals surface area contributed by atoms with Crippen molar-refractivity contribution >= 4 is 29.7 Å². The largest absolute Gasteiger partial charge is 0.318 e. The van der Waals surface area contributed by atoms with E-state index in [4.69, 9.17) is 33.1 Å². The highest BCUT2D eigenvalue weighted by atomic mass is 32.9. The van der Waals surface area contributed by atoms with Gasteiger partial charge >= 0.3 is 0 Å². The monoisotopic (exact) mass is 406 g/mol. The number of rotatable bonds is 6. The molecule has 0 bridgehead atoms. The minimum atomic E-state index is -2.51. The average molecular weight is 407 g/mol. The lowest BCUT2D eigenvalue weighted by molar-refractivity contribution is 0.0143. The molecule has 0 saturated heterocycles. The molecular formula is C20H39O2PS2. The van der Waals surface area contributed by atoms with Gasteiger partial charge in [-0.2, -0.15) is 0 Å². The van der Waals surface area contributed by atoms with Crippen molar-refractivity contribution in [1.82, 2.24) is 0 Å². The van der Waals surface area contributed by atoms with E-state index >= 15 is 0 Å². The van der Waals surface area contributed by atoms with Crippen LogP contribution in [0, 0.1) is 35.5 Å². The summed E-state index contributed by atoms with van der Waals surface area (Å²) in [5.41, 5.74) is -2.51. The molecule has 0 unspecified atom stereocenters. The zero-order valence-corrected chi connectivity index (χ0v) is 19.6. The number of hydrogen-bond acceptors (Lipinski definition) is 3. The van der Waals surface area contributed by atoms with Gasteiger partial charge < -0.3 is 9.05 Å². The Kier molecular flexibility index (Phi) is 8.36. The van der Waals surface area contributed by atoms with Gasteiger partial charge in [0, 0.05) is 0 Å². The van der Waals surface area contributed by atoms with Gasteiger partial charge in [0.25, 0.3) is 0 Å². The quantitative estimate of drug-likeness (QED) is 0.375. The van der Waals surface area contributed by atoms with Crippen molar-refractivity contribution in [2.24, 2.45) is 35.5 Å². The third-order valence-corrected chi connectivity index (χ3v) is 8.62. The Morgan fingerprint density at radius 3 is 1.48 bits per heavy atom. The van der Waals surface area contributed by atoms with Crippen molar-refractivity contribution in [2.75, 3.05) is 0 Å². The van der Waals surface area contributed by atoms with E-state index in [2.05, 4.69) is 41.5 Å². The second-order valence-corrected chi connectivity index (χ2v) is 14.6. The van der Waals surface area contributed by atoms with Gasteiger partial charge in [-0.15, -0.1) is 0 Å². The van der Waals surface area contributed by atoms with E-state index in [0.717, 1.165) is 12.8 Å². The summed E-state index contributed by atoms with van der Waals surface area (Å²) in [6.07, 6.45) is 7.70. The maximum Gasteiger partial charge on any atom is 0.244 e. The molecule has 0 amide bonds. The van der Waals surface area contributed by atoms with Crippen LogP contribution in [0.1, 0.15) is 80.1 Å². The van der Waals surface area contributed by atoms with Crippen LogP contribution in [0.2, 0.25) is 0 Å². The molecule has 0 aliphatic heterocycles. The first-order chi connectivity index (χ1) is 11.6. The van der Waals surface area contributed by atoms with Crippen molar-refractivity contribution in [2.45, 2.75) is 92.3 Å². The molecule has 0 aromatic rings. The second-order valence-electron chi connectivity index (χ2n) is 9.41. The van der Waals surface area contributed by atoms with E-state index in [1.807, 2.05) is 0 Å². The Morgan fingerprint density at radius 1 is 0.800 bits per heavy atom. The summed E-state index contributed by atoms with van der Waals surface area (Å²) in [5, 5.41) is 0. The van der Waals surface area contributed by atoms with Crippen molar-refractivity contribution < 1.29 is 9.05 Å². The molecule has 2 aliphatic rings. The van der Waals surface area contributed by atoms with Gasteiger partial charge in [-0.05, 0) is 73.0 Å². The molecule has 148 valence electrons. The smallest absolute Gasteiger partial charge is 0.244 e. The molecule has 0 aromatic heterocycles. The molecule has 6 atom stereocenters. The van der Waals surface area contributed by atoms with E-state index in [1.165, 1.54) is 25.7 Å². The van der Waals surface area contributed by atoms with Crippen LogP contribution in [0.3, 0.4) is 0 Å². The van der Waals surface area contributed by atoms with E-state index in [-0.39, 0.29) is 12.2 Å². The summed E-state index contributed by atoms with van der Waals surface area (Å²) in [4.78, 5) is 0. The average Bonchev–Trinajstić information content (AvgIpc) is 2.45. The minimum Gasteiger partial charge on any atom is -0.318 e. The summed E-state index contributed by atoms with van der Waals surface area (Å²) in [6.45, 7) is 13.9. The molecule has 2 fully saturated rings. The first-order valence-corrected chi connectivity index (χ1v) is 14.1. The number of thiol groups is 1. The lowest BCUT2D eigenvalue weighted by Crippen LogP contribution is -2.35. The van der Waals surface area contributed by atoms with Crippen LogP contribution in [0.5, 0.6) is 0 Å². The van der Waals surface area contributed by atoms with Gasteiger partial charge in [0.1, 0.15) is 0 Å². The van der Waals surface area contributed by atoms with Crippen LogP contribution in [-0.4, -0.2) is 12.2 Å². The maximum absolute atomic E-state index is 6.46. The standard InChI is InChI=1S/C20H39O2PS2/c1-13(2)17-9-7-15(5)11-19(17)21-23(24,25)22-20-12-16(6)8-10-18(20)14(3)4/h13-20H,7-12H2,1-6H3,(H,24,25)/t15-,16-,17+,18+,19-,20-/m1/s1. The molecule has 2 saturated carbocycles. The molecule has 0 aromatic carbocycles. The van der Waals surface area contributed by atoms with Crippen LogP contribution < -0.4 is 0 Å². The van der Waals surface area contributed by atoms with Crippen molar-refractivity contribution in [3.63, 3.8) is 0 Å². The van der Waals surface area contributed by atoms with E-state index < -0.39 is 5.69 Å². The highest BCUT2D eigenvalue weighted by Gasteiger charge is 2.38.